The molecule has 0 saturated carbocycles. The Bertz CT molecular complexity index is 1500. The van der Waals surface area contributed by atoms with Gasteiger partial charge < -0.3 is 4.74 Å². The molecule has 0 amide bonds. The lowest BCUT2D eigenvalue weighted by Gasteiger charge is -2.29. The molecule has 4 nitrogen and oxygen atoms in total. The van der Waals surface area contributed by atoms with Gasteiger partial charge in [-0.25, -0.2) is 0 Å². The van der Waals surface area contributed by atoms with Gasteiger partial charge in [-0.1, -0.05) is 51.1 Å². The minimum absolute atomic E-state index is 0.00782. The highest BCUT2D eigenvalue weighted by atomic mass is 16.5. The Morgan fingerprint density at radius 3 is 2.50 bits per heavy atom. The van der Waals surface area contributed by atoms with Gasteiger partial charge in [0.05, 0.1) is 11.1 Å². The molecule has 0 radical (unpaired) electrons. The van der Waals surface area contributed by atoms with E-state index < -0.39 is 0 Å². The molecular formula is C34H39N3O+2. The first-order chi connectivity index (χ1) is 18.1. The van der Waals surface area contributed by atoms with E-state index in [1.165, 1.54) is 28.0 Å². The molecule has 2 unspecified atom stereocenters. The van der Waals surface area contributed by atoms with Crippen LogP contribution < -0.4 is 9.13 Å². The monoisotopic (exact) mass is 505 g/mol. The molecule has 4 heteroatoms. The molecule has 1 aromatic carbocycles. The predicted molar refractivity (Wildman–Crippen MR) is 156 cm³/mol. The van der Waals surface area contributed by atoms with Crippen molar-refractivity contribution in [1.29, 1.82) is 0 Å². The number of pyridine rings is 2. The Morgan fingerprint density at radius 2 is 1.76 bits per heavy atom. The number of ether oxygens (including phenoxy) is 1. The van der Waals surface area contributed by atoms with Gasteiger partial charge in [0.1, 0.15) is 11.7 Å². The van der Waals surface area contributed by atoms with Crippen LogP contribution in [0, 0.1) is 0 Å². The molecule has 0 bridgehead atoms. The van der Waals surface area contributed by atoms with Crippen molar-refractivity contribution in [3.05, 3.63) is 108 Å². The van der Waals surface area contributed by atoms with Gasteiger partial charge in [-0.3, -0.25) is 4.99 Å². The van der Waals surface area contributed by atoms with Crippen LogP contribution >= 0.6 is 0 Å². The number of allylic oxidation sites excluding steroid dienone is 3. The Kier molecular flexibility index (Phi) is 6.68. The number of hydrogen-bond acceptors (Lipinski definition) is 2. The largest absolute Gasteiger partial charge is 0.443 e. The summed E-state index contributed by atoms with van der Waals surface area (Å²) < 4.78 is 10.9. The quantitative estimate of drug-likeness (QED) is 0.157. The van der Waals surface area contributed by atoms with Crippen LogP contribution in [0.25, 0.3) is 22.5 Å². The second-order valence-electron chi connectivity index (χ2n) is 11.5. The molecule has 2 aliphatic heterocycles. The smallest absolute Gasteiger partial charge is 0.222 e. The first-order valence-corrected chi connectivity index (χ1v) is 13.5. The molecule has 0 spiro atoms. The maximum Gasteiger partial charge on any atom is 0.222 e. The van der Waals surface area contributed by atoms with Crippen molar-refractivity contribution in [1.82, 2.24) is 0 Å². The summed E-state index contributed by atoms with van der Waals surface area (Å²) in [5.41, 5.74) is 9.52. The summed E-state index contributed by atoms with van der Waals surface area (Å²) in [4.78, 5) is 4.23. The molecule has 0 saturated heterocycles. The number of fused-ring (bicyclic) bond motifs is 7. The summed E-state index contributed by atoms with van der Waals surface area (Å²) in [5.74, 6) is 1.34. The van der Waals surface area contributed by atoms with Gasteiger partial charge >= 0.3 is 0 Å². The van der Waals surface area contributed by atoms with Crippen LogP contribution in [0.15, 0.2) is 96.5 Å². The Morgan fingerprint density at radius 1 is 1.03 bits per heavy atom. The van der Waals surface area contributed by atoms with E-state index in [9.17, 15) is 0 Å². The van der Waals surface area contributed by atoms with E-state index in [0.29, 0.717) is 11.7 Å². The zero-order valence-corrected chi connectivity index (χ0v) is 23.6. The average molecular weight is 506 g/mol. The topological polar surface area (TPSA) is 29.3 Å². The molecule has 2 atom stereocenters. The van der Waals surface area contributed by atoms with Crippen LogP contribution in [0.3, 0.4) is 0 Å². The average Bonchev–Trinajstić information content (AvgIpc) is 2.94. The number of benzene rings is 1. The number of nitrogens with zero attached hydrogens (tertiary/aromatic N) is 3. The van der Waals surface area contributed by atoms with Crippen LogP contribution in [-0.2, 0) is 10.2 Å². The van der Waals surface area contributed by atoms with Crippen molar-refractivity contribution in [3.63, 3.8) is 0 Å². The fraction of sp³-hybridized carbons (Fsp3) is 0.324. The number of rotatable bonds is 2. The van der Waals surface area contributed by atoms with E-state index in [-0.39, 0.29) is 17.4 Å². The van der Waals surface area contributed by atoms with E-state index in [4.69, 9.17) is 11.3 Å². The third-order valence-electron chi connectivity index (χ3n) is 8.06. The summed E-state index contributed by atoms with van der Waals surface area (Å²) in [6.07, 6.45) is 6.31. The maximum atomic E-state index is 6.14. The summed E-state index contributed by atoms with van der Waals surface area (Å²) in [7, 11) is 1.74. The highest BCUT2D eigenvalue weighted by molar-refractivity contribution is 5.82. The SMILES string of the molecule is C=C(OC(C)=NC)/C1=C(\C)CCC2C(C(=C)[n+]3ccc(C(C)(C)C)cc31)c1ccccc1-c1cccc[n+]12. The molecule has 5 rings (SSSR count). The maximum absolute atomic E-state index is 6.14. The first-order valence-electron chi connectivity index (χ1n) is 13.5. The second kappa shape index (κ2) is 9.83. The third-order valence-corrected chi connectivity index (χ3v) is 8.06. The summed E-state index contributed by atoms with van der Waals surface area (Å²) in [6.45, 7) is 20.0. The lowest BCUT2D eigenvalue weighted by Crippen LogP contribution is -2.50. The van der Waals surface area contributed by atoms with Crippen LogP contribution in [0.1, 0.15) is 76.2 Å². The van der Waals surface area contributed by atoms with E-state index in [1.807, 2.05) is 6.92 Å². The van der Waals surface area contributed by atoms with Crippen LogP contribution in [0.5, 0.6) is 0 Å². The molecule has 0 aliphatic carbocycles. The van der Waals surface area contributed by atoms with E-state index in [1.54, 1.807) is 7.05 Å². The Balaban J connectivity index is 1.78. The third kappa shape index (κ3) is 4.42. The molecule has 194 valence electrons. The normalized spacial score (nSPS) is 21.2. The first kappa shape index (κ1) is 25.8. The van der Waals surface area contributed by atoms with Gasteiger partial charge in [-0.05, 0) is 48.6 Å². The molecule has 2 aliphatic rings. The van der Waals surface area contributed by atoms with Crippen molar-refractivity contribution in [2.24, 2.45) is 4.99 Å². The minimum atomic E-state index is -0.00782. The lowest BCUT2D eigenvalue weighted by atomic mass is 9.79. The van der Waals surface area contributed by atoms with Gasteiger partial charge in [0.2, 0.25) is 11.4 Å². The second-order valence-corrected chi connectivity index (χ2v) is 11.5. The van der Waals surface area contributed by atoms with Crippen molar-refractivity contribution in [3.8, 4) is 11.3 Å². The van der Waals surface area contributed by atoms with E-state index in [0.717, 1.165) is 29.8 Å². The van der Waals surface area contributed by atoms with Gasteiger partial charge in [0.25, 0.3) is 0 Å². The van der Waals surface area contributed by atoms with Crippen molar-refractivity contribution < 1.29 is 13.9 Å². The van der Waals surface area contributed by atoms with Crippen molar-refractivity contribution >= 4 is 17.2 Å². The van der Waals surface area contributed by atoms with Crippen molar-refractivity contribution in [2.75, 3.05) is 7.05 Å². The van der Waals surface area contributed by atoms with Crippen LogP contribution in [0.4, 0.5) is 0 Å². The zero-order chi connectivity index (χ0) is 27.2. The molecule has 4 heterocycles. The Labute approximate surface area is 227 Å². The van der Waals surface area contributed by atoms with Gasteiger partial charge in [-0.2, -0.15) is 9.13 Å². The van der Waals surface area contributed by atoms with E-state index in [2.05, 4.69) is 115 Å². The number of hydrogen-bond donors (Lipinski definition) is 0. The van der Waals surface area contributed by atoms with Crippen LogP contribution in [-0.4, -0.2) is 12.9 Å². The standard InChI is InChI=1S/C34H39N3O/c1-22-16-17-30-33(28-14-10-9-13-27(28)29-15-11-12-19-37(29)30)23(2)36-20-18-26(34(5,6)7)21-31(36)32(22)24(3)38-25(4)35-8/h9-15,18-21,30,33H,2-3,16-17H2,1,4-8H3/q+2/b32-22-,35-25?. The van der Waals surface area contributed by atoms with Gasteiger partial charge in [0.15, 0.2) is 30.0 Å². The summed E-state index contributed by atoms with van der Waals surface area (Å²) >= 11 is 0. The minimum Gasteiger partial charge on any atom is -0.443 e. The summed E-state index contributed by atoms with van der Waals surface area (Å²) in [6, 6.07) is 20.1. The van der Waals surface area contributed by atoms with E-state index >= 15 is 0 Å². The fourth-order valence-electron chi connectivity index (χ4n) is 5.97. The summed E-state index contributed by atoms with van der Waals surface area (Å²) in [5, 5.41) is 0. The molecule has 0 fully saturated rings. The Hall–Kier alpha value is -3.79. The molecule has 2 aromatic heterocycles. The molecular weight excluding hydrogens is 466 g/mol. The molecule has 3 aromatic rings. The zero-order valence-electron chi connectivity index (χ0n) is 23.6. The fourth-order valence-corrected chi connectivity index (χ4v) is 5.97. The molecule has 0 N–H and O–H groups in total. The number of aliphatic imine (C=N–C) groups is 1. The highest BCUT2D eigenvalue weighted by Gasteiger charge is 2.46. The highest BCUT2D eigenvalue weighted by Crippen LogP contribution is 2.45. The van der Waals surface area contributed by atoms with Crippen molar-refractivity contribution in [2.45, 2.75) is 64.8 Å². The van der Waals surface area contributed by atoms with Crippen LogP contribution in [0.2, 0.25) is 0 Å². The lowest BCUT2D eigenvalue weighted by molar-refractivity contribution is -0.720. The van der Waals surface area contributed by atoms with Gasteiger partial charge in [0, 0.05) is 44.7 Å². The number of aromatic nitrogens is 2. The predicted octanol–water partition coefficient (Wildman–Crippen LogP) is 7.18. The molecule has 38 heavy (non-hydrogen) atoms. The van der Waals surface area contributed by atoms with Gasteiger partial charge in [-0.15, -0.1) is 0 Å².